The summed E-state index contributed by atoms with van der Waals surface area (Å²) in [6, 6.07) is 13.0. The lowest BCUT2D eigenvalue weighted by Gasteiger charge is -2.07. The summed E-state index contributed by atoms with van der Waals surface area (Å²) >= 11 is 6.09. The predicted octanol–water partition coefficient (Wildman–Crippen LogP) is 4.37. The summed E-state index contributed by atoms with van der Waals surface area (Å²) in [5, 5.41) is 7.31. The number of amides is 1. The zero-order chi connectivity index (χ0) is 17.1. The normalized spacial score (nSPS) is 10.6. The van der Waals surface area contributed by atoms with Crippen LogP contribution in [0.5, 0.6) is 0 Å². The van der Waals surface area contributed by atoms with Crippen LogP contribution in [0, 0.1) is 12.7 Å². The number of hydrogen-bond donors (Lipinski definition) is 1. The first-order valence-corrected chi connectivity index (χ1v) is 7.68. The van der Waals surface area contributed by atoms with Gasteiger partial charge in [-0.3, -0.25) is 4.79 Å². The van der Waals surface area contributed by atoms with E-state index < -0.39 is 0 Å². The number of halogens is 2. The summed E-state index contributed by atoms with van der Waals surface area (Å²) in [5.41, 5.74) is 2.12. The van der Waals surface area contributed by atoms with Gasteiger partial charge in [-0.05, 0) is 42.8 Å². The zero-order valence-electron chi connectivity index (χ0n) is 12.8. The molecule has 0 saturated heterocycles. The van der Waals surface area contributed by atoms with Crippen molar-refractivity contribution in [1.82, 2.24) is 10.5 Å². The number of nitrogens with zero attached hydrogens (tertiary/aromatic N) is 1. The van der Waals surface area contributed by atoms with E-state index in [0.29, 0.717) is 27.6 Å². The summed E-state index contributed by atoms with van der Waals surface area (Å²) in [6.45, 7) is 1.94. The quantitative estimate of drug-likeness (QED) is 0.764. The lowest BCUT2D eigenvalue weighted by Crippen LogP contribution is -2.23. The van der Waals surface area contributed by atoms with E-state index in [-0.39, 0.29) is 18.3 Å². The highest BCUT2D eigenvalue weighted by molar-refractivity contribution is 6.31. The third-order valence-corrected chi connectivity index (χ3v) is 3.97. The standard InChI is InChI=1S/C18H14ClFN2O2/c1-11-16(17(22-24-11)12-6-8-14(20)9-7-12)18(23)21-10-13-4-2-3-5-15(13)19/h2-9H,10H2,1H3,(H,21,23). The molecule has 6 heteroatoms. The maximum absolute atomic E-state index is 13.1. The Labute approximate surface area is 143 Å². The number of aromatic nitrogens is 1. The van der Waals surface area contributed by atoms with Gasteiger partial charge in [-0.1, -0.05) is 35.0 Å². The van der Waals surface area contributed by atoms with Gasteiger partial charge in [-0.15, -0.1) is 0 Å². The highest BCUT2D eigenvalue weighted by atomic mass is 35.5. The molecule has 0 aliphatic carbocycles. The van der Waals surface area contributed by atoms with E-state index in [1.54, 1.807) is 25.1 Å². The van der Waals surface area contributed by atoms with Crippen LogP contribution in [-0.2, 0) is 6.54 Å². The van der Waals surface area contributed by atoms with Gasteiger partial charge in [-0.25, -0.2) is 4.39 Å². The first kappa shape index (κ1) is 16.2. The van der Waals surface area contributed by atoms with E-state index in [4.69, 9.17) is 16.1 Å². The molecule has 1 amide bonds. The van der Waals surface area contributed by atoms with E-state index in [2.05, 4.69) is 10.5 Å². The second-order valence-electron chi connectivity index (χ2n) is 5.24. The fourth-order valence-electron chi connectivity index (χ4n) is 2.35. The van der Waals surface area contributed by atoms with Gasteiger partial charge in [0.1, 0.15) is 22.8 Å². The maximum Gasteiger partial charge on any atom is 0.257 e. The van der Waals surface area contributed by atoms with E-state index in [9.17, 15) is 9.18 Å². The molecule has 0 aliphatic heterocycles. The van der Waals surface area contributed by atoms with E-state index in [1.165, 1.54) is 12.1 Å². The van der Waals surface area contributed by atoms with Crippen molar-refractivity contribution in [2.45, 2.75) is 13.5 Å². The molecule has 1 aromatic heterocycles. The average Bonchev–Trinajstić information content (AvgIpc) is 2.96. The van der Waals surface area contributed by atoms with Gasteiger partial charge in [0.15, 0.2) is 0 Å². The lowest BCUT2D eigenvalue weighted by molar-refractivity contribution is 0.0950. The maximum atomic E-state index is 13.1. The Bertz CT molecular complexity index is 875. The van der Waals surface area contributed by atoms with E-state index >= 15 is 0 Å². The molecule has 24 heavy (non-hydrogen) atoms. The number of benzene rings is 2. The minimum Gasteiger partial charge on any atom is -0.360 e. The number of hydrogen-bond acceptors (Lipinski definition) is 3. The van der Waals surface area contributed by atoms with E-state index in [0.717, 1.165) is 5.56 Å². The predicted molar refractivity (Wildman–Crippen MR) is 89.3 cm³/mol. The molecule has 0 unspecified atom stereocenters. The number of carbonyl (C=O) groups excluding carboxylic acids is 1. The summed E-state index contributed by atoms with van der Waals surface area (Å²) in [4.78, 5) is 12.5. The molecule has 1 N–H and O–H groups in total. The van der Waals surface area contributed by atoms with Crippen LogP contribution in [0.2, 0.25) is 5.02 Å². The summed E-state index contributed by atoms with van der Waals surface area (Å²) in [6.07, 6.45) is 0. The van der Waals surface area contributed by atoms with Crippen molar-refractivity contribution in [2.24, 2.45) is 0 Å². The highest BCUT2D eigenvalue weighted by Crippen LogP contribution is 2.25. The van der Waals surface area contributed by atoms with Gasteiger partial charge in [0.2, 0.25) is 0 Å². The summed E-state index contributed by atoms with van der Waals surface area (Å²) in [5.74, 6) is -0.289. The number of carbonyl (C=O) groups is 1. The van der Waals surface area contributed by atoms with Crippen LogP contribution >= 0.6 is 11.6 Å². The molecule has 4 nitrogen and oxygen atoms in total. The molecule has 0 bridgehead atoms. The molecule has 0 aliphatic rings. The van der Waals surface area contributed by atoms with Crippen molar-refractivity contribution < 1.29 is 13.7 Å². The van der Waals surface area contributed by atoms with Crippen molar-refractivity contribution in [3.63, 3.8) is 0 Å². The van der Waals surface area contributed by atoms with Crippen LogP contribution < -0.4 is 5.32 Å². The minimum absolute atomic E-state index is 0.284. The van der Waals surface area contributed by atoms with Crippen LogP contribution in [0.3, 0.4) is 0 Å². The van der Waals surface area contributed by atoms with Gasteiger partial charge in [-0.2, -0.15) is 0 Å². The lowest BCUT2D eigenvalue weighted by atomic mass is 10.1. The van der Waals surface area contributed by atoms with Crippen LogP contribution in [0.1, 0.15) is 21.7 Å². The average molecular weight is 345 g/mol. The molecule has 0 spiro atoms. The Morgan fingerprint density at radius 1 is 1.21 bits per heavy atom. The minimum atomic E-state index is -0.358. The monoisotopic (exact) mass is 344 g/mol. The third-order valence-electron chi connectivity index (χ3n) is 3.60. The molecule has 0 radical (unpaired) electrons. The van der Waals surface area contributed by atoms with Crippen molar-refractivity contribution in [1.29, 1.82) is 0 Å². The molecule has 0 fully saturated rings. The number of aryl methyl sites for hydroxylation is 1. The number of rotatable bonds is 4. The molecule has 0 atom stereocenters. The van der Waals surface area contributed by atoms with Crippen molar-refractivity contribution >= 4 is 17.5 Å². The topological polar surface area (TPSA) is 55.1 Å². The second kappa shape index (κ2) is 6.84. The Morgan fingerprint density at radius 3 is 2.62 bits per heavy atom. The Kier molecular flexibility index (Phi) is 4.62. The Morgan fingerprint density at radius 2 is 1.92 bits per heavy atom. The summed E-state index contributed by atoms with van der Waals surface area (Å²) < 4.78 is 18.2. The molecular formula is C18H14ClFN2O2. The van der Waals surface area contributed by atoms with Crippen molar-refractivity contribution in [3.8, 4) is 11.3 Å². The fraction of sp³-hybridized carbons (Fsp3) is 0.111. The first-order chi connectivity index (χ1) is 11.6. The van der Waals surface area contributed by atoms with Gasteiger partial charge in [0.05, 0.1) is 0 Å². The molecule has 0 saturated carbocycles. The van der Waals surface area contributed by atoms with Crippen molar-refractivity contribution in [2.75, 3.05) is 0 Å². The van der Waals surface area contributed by atoms with Crippen LogP contribution in [-0.4, -0.2) is 11.1 Å². The zero-order valence-corrected chi connectivity index (χ0v) is 13.6. The summed E-state index contributed by atoms with van der Waals surface area (Å²) in [7, 11) is 0. The van der Waals surface area contributed by atoms with Gasteiger partial charge < -0.3 is 9.84 Å². The van der Waals surface area contributed by atoms with Crippen LogP contribution in [0.25, 0.3) is 11.3 Å². The van der Waals surface area contributed by atoms with Crippen LogP contribution in [0.15, 0.2) is 53.1 Å². The molecule has 1 heterocycles. The molecule has 2 aromatic carbocycles. The van der Waals surface area contributed by atoms with Gasteiger partial charge >= 0.3 is 0 Å². The Balaban J connectivity index is 1.84. The van der Waals surface area contributed by atoms with Gasteiger partial charge in [0.25, 0.3) is 5.91 Å². The third kappa shape index (κ3) is 3.31. The largest absolute Gasteiger partial charge is 0.360 e. The SMILES string of the molecule is Cc1onc(-c2ccc(F)cc2)c1C(=O)NCc1ccccc1Cl. The Hall–Kier alpha value is -2.66. The molecule has 3 rings (SSSR count). The highest BCUT2D eigenvalue weighted by Gasteiger charge is 2.21. The molecular weight excluding hydrogens is 331 g/mol. The molecule has 3 aromatic rings. The fourth-order valence-corrected chi connectivity index (χ4v) is 2.55. The smallest absolute Gasteiger partial charge is 0.257 e. The first-order valence-electron chi connectivity index (χ1n) is 7.30. The van der Waals surface area contributed by atoms with E-state index in [1.807, 2.05) is 18.2 Å². The number of nitrogens with one attached hydrogen (secondary N) is 1. The second-order valence-corrected chi connectivity index (χ2v) is 5.65. The van der Waals surface area contributed by atoms with Gasteiger partial charge in [0, 0.05) is 17.1 Å². The molecule has 122 valence electrons. The van der Waals surface area contributed by atoms with Crippen molar-refractivity contribution in [3.05, 3.63) is 76.3 Å². The van der Waals surface area contributed by atoms with Crippen LogP contribution in [0.4, 0.5) is 4.39 Å².